The van der Waals surface area contributed by atoms with Gasteiger partial charge < -0.3 is 14.2 Å². The van der Waals surface area contributed by atoms with Crippen LogP contribution in [-0.4, -0.2) is 44.6 Å². The molecular weight excluding hydrogens is 230 g/mol. The molecule has 0 aromatic heterocycles. The van der Waals surface area contributed by atoms with Crippen LogP contribution in [0.3, 0.4) is 0 Å². The molecule has 1 aliphatic rings. The normalized spacial score (nSPS) is 22.1. The first kappa shape index (κ1) is 13.3. The zero-order chi connectivity index (χ0) is 13.0. The van der Waals surface area contributed by atoms with Crippen molar-refractivity contribution in [1.82, 2.24) is 4.90 Å². The minimum Gasteiger partial charge on any atom is -0.497 e. The molecule has 2 rings (SSSR count). The summed E-state index contributed by atoms with van der Waals surface area (Å²) in [5, 5.41) is 0. The van der Waals surface area contributed by atoms with Gasteiger partial charge in [0.15, 0.2) is 0 Å². The Morgan fingerprint density at radius 3 is 2.67 bits per heavy atom. The summed E-state index contributed by atoms with van der Waals surface area (Å²) in [5.41, 5.74) is 1.26. The van der Waals surface area contributed by atoms with E-state index in [1.165, 1.54) is 5.56 Å². The first-order valence-electron chi connectivity index (χ1n) is 6.22. The Morgan fingerprint density at radius 2 is 2.06 bits per heavy atom. The molecule has 18 heavy (non-hydrogen) atoms. The van der Waals surface area contributed by atoms with Crippen LogP contribution in [0.5, 0.6) is 5.75 Å². The summed E-state index contributed by atoms with van der Waals surface area (Å²) < 4.78 is 16.1. The van der Waals surface area contributed by atoms with Crippen molar-refractivity contribution in [3.8, 4) is 5.75 Å². The van der Waals surface area contributed by atoms with Gasteiger partial charge in [0, 0.05) is 13.7 Å². The van der Waals surface area contributed by atoms with Crippen molar-refractivity contribution < 1.29 is 14.2 Å². The van der Waals surface area contributed by atoms with Gasteiger partial charge in [0.25, 0.3) is 0 Å². The summed E-state index contributed by atoms with van der Waals surface area (Å²) in [4.78, 5) is 2.30. The molecule has 1 heterocycles. The van der Waals surface area contributed by atoms with Gasteiger partial charge in [0.1, 0.15) is 5.75 Å². The van der Waals surface area contributed by atoms with E-state index in [4.69, 9.17) is 14.2 Å². The van der Waals surface area contributed by atoms with E-state index in [0.717, 1.165) is 18.9 Å². The highest BCUT2D eigenvalue weighted by molar-refractivity contribution is 5.27. The lowest BCUT2D eigenvalue weighted by molar-refractivity contribution is 0.0454. The second-order valence-electron chi connectivity index (χ2n) is 4.60. The van der Waals surface area contributed by atoms with Crippen molar-refractivity contribution in [2.24, 2.45) is 0 Å². The third-order valence-electron chi connectivity index (χ3n) is 3.47. The van der Waals surface area contributed by atoms with Crippen LogP contribution in [0.2, 0.25) is 0 Å². The Balaban J connectivity index is 1.99. The van der Waals surface area contributed by atoms with Crippen molar-refractivity contribution in [3.63, 3.8) is 0 Å². The van der Waals surface area contributed by atoms with E-state index in [0.29, 0.717) is 12.8 Å². The van der Waals surface area contributed by atoms with Gasteiger partial charge in [-0.3, -0.25) is 4.90 Å². The maximum atomic E-state index is 5.53. The zero-order valence-corrected chi connectivity index (χ0v) is 11.3. The fourth-order valence-corrected chi connectivity index (χ4v) is 2.21. The summed E-state index contributed by atoms with van der Waals surface area (Å²) in [5.74, 6) is 0.887. The molecule has 1 saturated heterocycles. The molecule has 100 valence electrons. The highest BCUT2D eigenvalue weighted by atomic mass is 16.5. The molecule has 2 atom stereocenters. The van der Waals surface area contributed by atoms with E-state index in [2.05, 4.69) is 24.0 Å². The third-order valence-corrected chi connectivity index (χ3v) is 3.47. The molecule has 0 radical (unpaired) electrons. The average molecular weight is 251 g/mol. The Kier molecular flexibility index (Phi) is 4.58. The second-order valence-corrected chi connectivity index (χ2v) is 4.60. The molecule has 0 spiro atoms. The fraction of sp³-hybridized carbons (Fsp3) is 0.571. The van der Waals surface area contributed by atoms with Crippen molar-refractivity contribution in [2.75, 3.05) is 27.6 Å². The van der Waals surface area contributed by atoms with Crippen LogP contribution >= 0.6 is 0 Å². The standard InChI is InChI=1S/C14H21NO3/c1-11(16-2)14-9-18-10-15(14)8-12-4-6-13(17-3)7-5-12/h4-7,11,14H,8-10H2,1-3H3/t11-,14?/m0/s1. The number of rotatable bonds is 5. The number of benzene rings is 1. The minimum atomic E-state index is 0.186. The Morgan fingerprint density at radius 1 is 1.33 bits per heavy atom. The first-order valence-corrected chi connectivity index (χ1v) is 6.22. The third kappa shape index (κ3) is 3.02. The van der Waals surface area contributed by atoms with Crippen molar-refractivity contribution in [2.45, 2.75) is 25.6 Å². The number of nitrogens with zero attached hydrogens (tertiary/aromatic N) is 1. The monoisotopic (exact) mass is 251 g/mol. The minimum absolute atomic E-state index is 0.186. The van der Waals surface area contributed by atoms with Gasteiger partial charge in [-0.2, -0.15) is 0 Å². The summed E-state index contributed by atoms with van der Waals surface area (Å²) >= 11 is 0. The number of ether oxygens (including phenoxy) is 3. The summed E-state index contributed by atoms with van der Waals surface area (Å²) in [7, 11) is 3.42. The molecule has 0 aliphatic carbocycles. The number of hydrogen-bond donors (Lipinski definition) is 0. The van der Waals surface area contributed by atoms with E-state index in [1.807, 2.05) is 12.1 Å². The molecule has 0 bridgehead atoms. The highest BCUT2D eigenvalue weighted by Gasteiger charge is 2.30. The SMILES string of the molecule is COc1ccc(CN2COCC2[C@H](C)OC)cc1. The molecule has 1 fully saturated rings. The molecule has 0 N–H and O–H groups in total. The lowest BCUT2D eigenvalue weighted by atomic mass is 10.1. The molecule has 1 aromatic rings. The van der Waals surface area contributed by atoms with Gasteiger partial charge in [-0.1, -0.05) is 12.1 Å². The molecule has 0 amide bonds. The predicted octanol–water partition coefficient (Wildman–Crippen LogP) is 1.89. The van der Waals surface area contributed by atoms with Crippen LogP contribution in [0, 0.1) is 0 Å². The molecular formula is C14H21NO3. The summed E-state index contributed by atoms with van der Waals surface area (Å²) in [6.45, 7) is 4.37. The Labute approximate surface area is 108 Å². The summed E-state index contributed by atoms with van der Waals surface area (Å²) in [6.07, 6.45) is 0.186. The first-order chi connectivity index (χ1) is 8.74. The van der Waals surface area contributed by atoms with Crippen LogP contribution in [0.1, 0.15) is 12.5 Å². The Hall–Kier alpha value is -1.10. The molecule has 1 aromatic carbocycles. The van der Waals surface area contributed by atoms with Crippen molar-refractivity contribution >= 4 is 0 Å². The lowest BCUT2D eigenvalue weighted by Crippen LogP contribution is -2.39. The van der Waals surface area contributed by atoms with Crippen LogP contribution in [0.15, 0.2) is 24.3 Å². The van der Waals surface area contributed by atoms with Gasteiger partial charge >= 0.3 is 0 Å². The van der Waals surface area contributed by atoms with Gasteiger partial charge in [-0.05, 0) is 24.6 Å². The van der Waals surface area contributed by atoms with Crippen LogP contribution < -0.4 is 4.74 Å². The Bertz CT molecular complexity index is 366. The fourth-order valence-electron chi connectivity index (χ4n) is 2.21. The van der Waals surface area contributed by atoms with Gasteiger partial charge in [-0.25, -0.2) is 0 Å². The van der Waals surface area contributed by atoms with Crippen molar-refractivity contribution in [3.05, 3.63) is 29.8 Å². The maximum absolute atomic E-state index is 5.53. The van der Waals surface area contributed by atoms with Gasteiger partial charge in [0.2, 0.25) is 0 Å². The van der Waals surface area contributed by atoms with E-state index in [-0.39, 0.29) is 6.10 Å². The predicted molar refractivity (Wildman–Crippen MR) is 69.6 cm³/mol. The van der Waals surface area contributed by atoms with E-state index >= 15 is 0 Å². The lowest BCUT2D eigenvalue weighted by Gasteiger charge is -2.26. The number of methoxy groups -OCH3 is 2. The highest BCUT2D eigenvalue weighted by Crippen LogP contribution is 2.19. The topological polar surface area (TPSA) is 30.9 Å². The molecule has 1 unspecified atom stereocenters. The van der Waals surface area contributed by atoms with Crippen LogP contribution in [-0.2, 0) is 16.0 Å². The van der Waals surface area contributed by atoms with E-state index in [9.17, 15) is 0 Å². The smallest absolute Gasteiger partial charge is 0.118 e. The van der Waals surface area contributed by atoms with Crippen LogP contribution in [0.4, 0.5) is 0 Å². The molecule has 4 heteroatoms. The molecule has 4 nitrogen and oxygen atoms in total. The quantitative estimate of drug-likeness (QED) is 0.799. The largest absolute Gasteiger partial charge is 0.497 e. The number of hydrogen-bond acceptors (Lipinski definition) is 4. The summed E-state index contributed by atoms with van der Waals surface area (Å²) in [6, 6.07) is 8.48. The van der Waals surface area contributed by atoms with Gasteiger partial charge in [0.05, 0.1) is 32.6 Å². The average Bonchev–Trinajstić information content (AvgIpc) is 2.87. The second kappa shape index (κ2) is 6.18. The molecule has 1 aliphatic heterocycles. The van der Waals surface area contributed by atoms with Gasteiger partial charge in [-0.15, -0.1) is 0 Å². The van der Waals surface area contributed by atoms with Crippen LogP contribution in [0.25, 0.3) is 0 Å². The maximum Gasteiger partial charge on any atom is 0.118 e. The zero-order valence-electron chi connectivity index (χ0n) is 11.3. The molecule has 0 saturated carbocycles. The van der Waals surface area contributed by atoms with Crippen molar-refractivity contribution in [1.29, 1.82) is 0 Å². The van der Waals surface area contributed by atoms with E-state index < -0.39 is 0 Å². The van der Waals surface area contributed by atoms with E-state index in [1.54, 1.807) is 14.2 Å².